The van der Waals surface area contributed by atoms with Gasteiger partial charge in [-0.25, -0.2) is 0 Å². The third kappa shape index (κ3) is 5.49. The first-order chi connectivity index (χ1) is 14.5. The quantitative estimate of drug-likeness (QED) is 0.501. The molecule has 4 nitrogen and oxygen atoms in total. The van der Waals surface area contributed by atoms with E-state index in [0.717, 1.165) is 40.9 Å². The maximum absolute atomic E-state index is 11.5. The van der Waals surface area contributed by atoms with E-state index in [1.165, 1.54) is 38.4 Å². The summed E-state index contributed by atoms with van der Waals surface area (Å²) >= 11 is 0. The van der Waals surface area contributed by atoms with Crippen LogP contribution in [0.1, 0.15) is 80.5 Å². The number of benzene rings is 2. The van der Waals surface area contributed by atoms with Gasteiger partial charge in [-0.1, -0.05) is 26.1 Å². The molecular formula is C27H34O4. The summed E-state index contributed by atoms with van der Waals surface area (Å²) < 4.78 is 10.9. The number of phenolic OH excluding ortho intramolecular Hbond substituents is 1. The summed E-state index contributed by atoms with van der Waals surface area (Å²) in [5.74, 6) is 1.44. The lowest BCUT2D eigenvalue weighted by Crippen LogP contribution is -2.11. The lowest BCUT2D eigenvalue weighted by atomic mass is 9.91. The van der Waals surface area contributed by atoms with Gasteiger partial charge < -0.3 is 14.6 Å². The first-order valence-corrected chi connectivity index (χ1v) is 10.9. The molecule has 0 radical (unpaired) electrons. The molecule has 1 N–H and O–H groups in total. The molecule has 4 heteroatoms. The van der Waals surface area contributed by atoms with E-state index < -0.39 is 0 Å². The van der Waals surface area contributed by atoms with Crippen molar-refractivity contribution in [2.24, 2.45) is 0 Å². The van der Waals surface area contributed by atoms with Crippen LogP contribution >= 0.6 is 0 Å². The van der Waals surface area contributed by atoms with Gasteiger partial charge >= 0.3 is 5.97 Å². The zero-order chi connectivity index (χ0) is 21.1. The standard InChI is InChI=1S/C26H30O4.CH4/c1-17(19-9-13-25(27)20(15-19)10-14-26(28)29-2)23-12-11-22(16-24(23)18-7-8-18)30-21-5-3-4-6-21;/h9,11-13,15-16,18,21,27H,1,3-8,10,14H2,2H3;1H4. The third-order valence-electron chi connectivity index (χ3n) is 6.22. The summed E-state index contributed by atoms with van der Waals surface area (Å²) in [6, 6.07) is 11.9. The van der Waals surface area contributed by atoms with Crippen molar-refractivity contribution in [3.8, 4) is 11.5 Å². The fraction of sp³-hybridized carbons (Fsp3) is 0.444. The van der Waals surface area contributed by atoms with Crippen molar-refractivity contribution in [1.29, 1.82) is 0 Å². The Kier molecular flexibility index (Phi) is 7.42. The zero-order valence-corrected chi connectivity index (χ0v) is 17.7. The Morgan fingerprint density at radius 2 is 1.84 bits per heavy atom. The number of carbonyl (C=O) groups excluding carboxylic acids is 1. The topological polar surface area (TPSA) is 55.8 Å². The molecule has 2 saturated carbocycles. The Morgan fingerprint density at radius 3 is 2.52 bits per heavy atom. The maximum Gasteiger partial charge on any atom is 0.305 e. The Labute approximate surface area is 185 Å². The Bertz CT molecular complexity index is 936. The molecule has 0 saturated heterocycles. The van der Waals surface area contributed by atoms with Crippen molar-refractivity contribution in [2.75, 3.05) is 7.11 Å². The smallest absolute Gasteiger partial charge is 0.305 e. The highest BCUT2D eigenvalue weighted by atomic mass is 16.5. The Balaban J connectivity index is 0.00000272. The number of methoxy groups -OCH3 is 1. The number of rotatable bonds is 8. The minimum absolute atomic E-state index is 0. The number of ether oxygens (including phenoxy) is 2. The molecule has 2 aliphatic carbocycles. The van der Waals surface area contributed by atoms with Crippen LogP contribution in [0.5, 0.6) is 11.5 Å². The second-order valence-electron chi connectivity index (χ2n) is 8.45. The molecule has 4 rings (SSSR count). The fourth-order valence-electron chi connectivity index (χ4n) is 4.29. The SMILES string of the molecule is C.C=C(c1ccc(O)c(CCC(=O)OC)c1)c1ccc(OC2CCCC2)cc1C1CC1. The van der Waals surface area contributed by atoms with Crippen molar-refractivity contribution < 1.29 is 19.4 Å². The predicted molar refractivity (Wildman–Crippen MR) is 125 cm³/mol. The van der Waals surface area contributed by atoms with Crippen LogP contribution in [0.2, 0.25) is 0 Å². The van der Waals surface area contributed by atoms with E-state index in [-0.39, 0.29) is 25.6 Å². The molecule has 2 aliphatic rings. The van der Waals surface area contributed by atoms with Crippen LogP contribution in [0.15, 0.2) is 43.0 Å². The molecule has 0 spiro atoms. The minimum Gasteiger partial charge on any atom is -0.508 e. The summed E-state index contributed by atoms with van der Waals surface area (Å²) in [7, 11) is 1.37. The zero-order valence-electron chi connectivity index (χ0n) is 17.7. The van der Waals surface area contributed by atoms with Gasteiger partial charge in [0, 0.05) is 6.42 Å². The highest BCUT2D eigenvalue weighted by molar-refractivity contribution is 5.81. The van der Waals surface area contributed by atoms with E-state index in [2.05, 4.69) is 24.8 Å². The first kappa shape index (κ1) is 22.9. The molecule has 0 amide bonds. The van der Waals surface area contributed by atoms with Gasteiger partial charge in [-0.15, -0.1) is 0 Å². The monoisotopic (exact) mass is 422 g/mol. The molecule has 2 aromatic carbocycles. The number of hydrogen-bond acceptors (Lipinski definition) is 4. The summed E-state index contributed by atoms with van der Waals surface area (Å²) in [6.45, 7) is 4.37. The highest BCUT2D eigenvalue weighted by Crippen LogP contribution is 2.45. The van der Waals surface area contributed by atoms with Gasteiger partial charge in [-0.3, -0.25) is 4.79 Å². The van der Waals surface area contributed by atoms with E-state index in [0.29, 0.717) is 18.4 Å². The van der Waals surface area contributed by atoms with Crippen LogP contribution in [-0.2, 0) is 16.0 Å². The number of aryl methyl sites for hydroxylation is 1. The molecule has 31 heavy (non-hydrogen) atoms. The molecule has 0 heterocycles. The first-order valence-electron chi connectivity index (χ1n) is 10.9. The van der Waals surface area contributed by atoms with Crippen molar-refractivity contribution in [3.63, 3.8) is 0 Å². The second-order valence-corrected chi connectivity index (χ2v) is 8.45. The van der Waals surface area contributed by atoms with Gasteiger partial charge in [0.2, 0.25) is 0 Å². The molecule has 166 valence electrons. The molecule has 0 bridgehead atoms. The lowest BCUT2D eigenvalue weighted by molar-refractivity contribution is -0.140. The van der Waals surface area contributed by atoms with Gasteiger partial charge in [0.05, 0.1) is 13.2 Å². The number of esters is 1. The average Bonchev–Trinajstić information content (AvgIpc) is 3.49. The van der Waals surface area contributed by atoms with Crippen LogP contribution < -0.4 is 4.74 Å². The highest BCUT2D eigenvalue weighted by Gasteiger charge is 2.28. The van der Waals surface area contributed by atoms with Crippen molar-refractivity contribution in [3.05, 3.63) is 65.2 Å². The second kappa shape index (κ2) is 10.0. The van der Waals surface area contributed by atoms with Crippen LogP contribution in [0.3, 0.4) is 0 Å². The number of carbonyl (C=O) groups is 1. The van der Waals surface area contributed by atoms with Crippen LogP contribution in [0.4, 0.5) is 0 Å². The van der Waals surface area contributed by atoms with Crippen LogP contribution in [0.25, 0.3) is 5.57 Å². The van der Waals surface area contributed by atoms with E-state index in [1.807, 2.05) is 12.1 Å². The number of phenols is 1. The van der Waals surface area contributed by atoms with Crippen molar-refractivity contribution >= 4 is 11.5 Å². The fourth-order valence-corrected chi connectivity index (χ4v) is 4.29. The van der Waals surface area contributed by atoms with E-state index >= 15 is 0 Å². The summed E-state index contributed by atoms with van der Waals surface area (Å²) in [6.07, 6.45) is 8.23. The van der Waals surface area contributed by atoms with Gasteiger partial charge in [0.1, 0.15) is 11.5 Å². The van der Waals surface area contributed by atoms with Crippen LogP contribution in [-0.4, -0.2) is 24.3 Å². The summed E-state index contributed by atoms with van der Waals surface area (Å²) in [5.41, 5.74) is 5.07. The van der Waals surface area contributed by atoms with Crippen molar-refractivity contribution in [1.82, 2.24) is 0 Å². The largest absolute Gasteiger partial charge is 0.508 e. The van der Waals surface area contributed by atoms with E-state index in [4.69, 9.17) is 9.47 Å². The number of hydrogen-bond donors (Lipinski definition) is 1. The van der Waals surface area contributed by atoms with Gasteiger partial charge in [0.15, 0.2) is 0 Å². The van der Waals surface area contributed by atoms with Gasteiger partial charge in [-0.05, 0) is 103 Å². The van der Waals surface area contributed by atoms with E-state index in [9.17, 15) is 9.90 Å². The normalized spacial score (nSPS) is 15.9. The van der Waals surface area contributed by atoms with Gasteiger partial charge in [0.25, 0.3) is 0 Å². The lowest BCUT2D eigenvalue weighted by Gasteiger charge is -2.18. The molecule has 0 aromatic heterocycles. The average molecular weight is 423 g/mol. The van der Waals surface area contributed by atoms with Crippen LogP contribution in [0, 0.1) is 0 Å². The number of aromatic hydroxyl groups is 1. The van der Waals surface area contributed by atoms with E-state index in [1.54, 1.807) is 6.07 Å². The molecular weight excluding hydrogens is 388 g/mol. The Hall–Kier alpha value is -2.75. The molecule has 0 atom stereocenters. The summed E-state index contributed by atoms with van der Waals surface area (Å²) in [4.78, 5) is 11.5. The molecule has 0 aliphatic heterocycles. The molecule has 2 fully saturated rings. The summed E-state index contributed by atoms with van der Waals surface area (Å²) in [5, 5.41) is 10.2. The minimum atomic E-state index is -0.285. The Morgan fingerprint density at radius 1 is 1.10 bits per heavy atom. The molecule has 0 unspecified atom stereocenters. The van der Waals surface area contributed by atoms with Crippen molar-refractivity contribution in [2.45, 2.75) is 70.8 Å². The predicted octanol–water partition coefficient (Wildman–Crippen LogP) is 6.39. The van der Waals surface area contributed by atoms with Gasteiger partial charge in [-0.2, -0.15) is 0 Å². The maximum atomic E-state index is 11.5. The third-order valence-corrected chi connectivity index (χ3v) is 6.22. The molecule has 2 aromatic rings.